The van der Waals surface area contributed by atoms with Crippen LogP contribution < -0.4 is 5.73 Å². The Kier molecular flexibility index (Phi) is 4.40. The summed E-state index contributed by atoms with van der Waals surface area (Å²) in [5.41, 5.74) is 5.81. The number of hydrogen-bond acceptors (Lipinski definition) is 4. The highest BCUT2D eigenvalue weighted by Gasteiger charge is 2.32. The van der Waals surface area contributed by atoms with Gasteiger partial charge in [-0.1, -0.05) is 19.3 Å². The molecule has 1 saturated heterocycles. The van der Waals surface area contributed by atoms with E-state index in [1.807, 2.05) is 0 Å². The van der Waals surface area contributed by atoms with E-state index < -0.39 is 6.04 Å². The van der Waals surface area contributed by atoms with Gasteiger partial charge in [-0.05, 0) is 31.2 Å². The van der Waals surface area contributed by atoms with Crippen molar-refractivity contribution in [3.05, 3.63) is 0 Å². The number of nitrogens with two attached hydrogens (primary N) is 1. The SMILES string of the molecule is COC(=O)C(N)CN1CCC2CCCCC2C1. The standard InChI is InChI=1S/C13H24N2O2/c1-17-13(16)12(14)9-15-7-6-10-4-2-3-5-11(10)8-15/h10-12H,2-9,14H2,1H3. The van der Waals surface area contributed by atoms with E-state index in [9.17, 15) is 4.79 Å². The summed E-state index contributed by atoms with van der Waals surface area (Å²) in [5, 5.41) is 0. The van der Waals surface area contributed by atoms with Crippen LogP contribution in [0.2, 0.25) is 0 Å². The van der Waals surface area contributed by atoms with Crippen molar-refractivity contribution in [2.45, 2.75) is 38.1 Å². The average Bonchev–Trinajstić information content (AvgIpc) is 2.37. The molecule has 1 aliphatic heterocycles. The normalized spacial score (nSPS) is 31.6. The second-order valence-corrected chi connectivity index (χ2v) is 5.48. The zero-order valence-electron chi connectivity index (χ0n) is 10.7. The maximum atomic E-state index is 11.3. The van der Waals surface area contributed by atoms with Crippen LogP contribution in [-0.2, 0) is 9.53 Å². The topological polar surface area (TPSA) is 55.6 Å². The predicted octanol–water partition coefficient (Wildman–Crippen LogP) is 0.999. The molecular weight excluding hydrogens is 216 g/mol. The summed E-state index contributed by atoms with van der Waals surface area (Å²) >= 11 is 0. The van der Waals surface area contributed by atoms with Crippen LogP contribution in [0.1, 0.15) is 32.1 Å². The molecule has 2 N–H and O–H groups in total. The van der Waals surface area contributed by atoms with Crippen molar-refractivity contribution in [2.24, 2.45) is 17.6 Å². The van der Waals surface area contributed by atoms with Crippen LogP contribution in [0.15, 0.2) is 0 Å². The van der Waals surface area contributed by atoms with Crippen molar-refractivity contribution in [3.8, 4) is 0 Å². The van der Waals surface area contributed by atoms with Gasteiger partial charge in [0.1, 0.15) is 6.04 Å². The minimum atomic E-state index is -0.486. The number of likely N-dealkylation sites (tertiary alicyclic amines) is 1. The van der Waals surface area contributed by atoms with Gasteiger partial charge in [-0.15, -0.1) is 0 Å². The third-order valence-corrected chi connectivity index (χ3v) is 4.33. The number of hydrogen-bond donors (Lipinski definition) is 1. The van der Waals surface area contributed by atoms with Gasteiger partial charge in [0.05, 0.1) is 7.11 Å². The van der Waals surface area contributed by atoms with Crippen LogP contribution in [-0.4, -0.2) is 43.7 Å². The predicted molar refractivity (Wildman–Crippen MR) is 66.5 cm³/mol. The number of ether oxygens (including phenoxy) is 1. The lowest BCUT2D eigenvalue weighted by molar-refractivity contribution is -0.142. The molecule has 0 amide bonds. The third kappa shape index (κ3) is 3.19. The molecule has 0 radical (unpaired) electrons. The van der Waals surface area contributed by atoms with Crippen molar-refractivity contribution in [1.82, 2.24) is 4.90 Å². The first kappa shape index (κ1) is 12.8. The Morgan fingerprint density at radius 2 is 2.06 bits per heavy atom. The van der Waals surface area contributed by atoms with Gasteiger partial charge in [0.15, 0.2) is 0 Å². The van der Waals surface area contributed by atoms with Gasteiger partial charge < -0.3 is 15.4 Å². The minimum absolute atomic E-state index is 0.296. The highest BCUT2D eigenvalue weighted by molar-refractivity contribution is 5.75. The lowest BCUT2D eigenvalue weighted by Crippen LogP contribution is -2.49. The fourth-order valence-electron chi connectivity index (χ4n) is 3.35. The van der Waals surface area contributed by atoms with E-state index >= 15 is 0 Å². The number of carbonyl (C=O) groups excluding carboxylic acids is 1. The highest BCUT2D eigenvalue weighted by Crippen LogP contribution is 2.35. The molecule has 0 bridgehead atoms. The van der Waals surface area contributed by atoms with Crippen LogP contribution in [0.4, 0.5) is 0 Å². The number of fused-ring (bicyclic) bond motifs is 1. The van der Waals surface area contributed by atoms with Crippen molar-refractivity contribution in [3.63, 3.8) is 0 Å². The van der Waals surface area contributed by atoms with Crippen molar-refractivity contribution < 1.29 is 9.53 Å². The van der Waals surface area contributed by atoms with Gasteiger partial charge in [-0.2, -0.15) is 0 Å². The van der Waals surface area contributed by atoms with Gasteiger partial charge >= 0.3 is 5.97 Å². The second-order valence-electron chi connectivity index (χ2n) is 5.48. The quantitative estimate of drug-likeness (QED) is 0.748. The number of nitrogens with zero attached hydrogens (tertiary/aromatic N) is 1. The number of esters is 1. The molecule has 1 saturated carbocycles. The first-order chi connectivity index (χ1) is 8.20. The second kappa shape index (κ2) is 5.83. The molecule has 0 spiro atoms. The molecule has 4 heteroatoms. The molecule has 0 aromatic carbocycles. The molecule has 0 aromatic rings. The monoisotopic (exact) mass is 240 g/mol. The summed E-state index contributed by atoms with van der Waals surface area (Å²) < 4.78 is 4.67. The zero-order valence-corrected chi connectivity index (χ0v) is 10.7. The molecule has 1 aliphatic carbocycles. The average molecular weight is 240 g/mol. The van der Waals surface area contributed by atoms with E-state index in [0.29, 0.717) is 6.54 Å². The fourth-order valence-corrected chi connectivity index (χ4v) is 3.35. The molecule has 0 aromatic heterocycles. The number of carbonyl (C=O) groups is 1. The lowest BCUT2D eigenvalue weighted by atomic mass is 9.75. The van der Waals surface area contributed by atoms with Gasteiger partial charge in [0.2, 0.25) is 0 Å². The first-order valence-corrected chi connectivity index (χ1v) is 6.76. The Hall–Kier alpha value is -0.610. The fraction of sp³-hybridized carbons (Fsp3) is 0.923. The highest BCUT2D eigenvalue weighted by atomic mass is 16.5. The van der Waals surface area contributed by atoms with Crippen LogP contribution in [0.3, 0.4) is 0 Å². The van der Waals surface area contributed by atoms with Crippen LogP contribution in [0, 0.1) is 11.8 Å². The van der Waals surface area contributed by atoms with Crippen LogP contribution >= 0.6 is 0 Å². The van der Waals surface area contributed by atoms with Gasteiger partial charge in [0, 0.05) is 13.1 Å². The molecule has 17 heavy (non-hydrogen) atoms. The van der Waals surface area contributed by atoms with E-state index in [-0.39, 0.29) is 5.97 Å². The van der Waals surface area contributed by atoms with E-state index in [1.54, 1.807) is 0 Å². The van der Waals surface area contributed by atoms with Gasteiger partial charge in [0.25, 0.3) is 0 Å². The Bertz CT molecular complexity index is 270. The molecule has 3 unspecified atom stereocenters. The number of methoxy groups -OCH3 is 1. The lowest BCUT2D eigenvalue weighted by Gasteiger charge is -2.41. The first-order valence-electron chi connectivity index (χ1n) is 6.76. The zero-order chi connectivity index (χ0) is 12.3. The summed E-state index contributed by atoms with van der Waals surface area (Å²) in [7, 11) is 1.40. The van der Waals surface area contributed by atoms with Gasteiger partial charge in [-0.25, -0.2) is 0 Å². The molecule has 2 aliphatic rings. The Morgan fingerprint density at radius 1 is 1.35 bits per heavy atom. The molecule has 2 rings (SSSR count). The van der Waals surface area contributed by atoms with Crippen molar-refractivity contribution >= 4 is 5.97 Å². The van der Waals surface area contributed by atoms with Crippen molar-refractivity contribution in [1.29, 1.82) is 0 Å². The maximum Gasteiger partial charge on any atom is 0.323 e. The minimum Gasteiger partial charge on any atom is -0.468 e. The smallest absolute Gasteiger partial charge is 0.323 e. The molecule has 4 nitrogen and oxygen atoms in total. The molecule has 3 atom stereocenters. The van der Waals surface area contributed by atoms with E-state index in [0.717, 1.165) is 24.9 Å². The van der Waals surface area contributed by atoms with E-state index in [4.69, 9.17) is 5.73 Å². The summed E-state index contributed by atoms with van der Waals surface area (Å²) in [6.07, 6.45) is 6.82. The molecule has 98 valence electrons. The number of piperidine rings is 1. The van der Waals surface area contributed by atoms with Gasteiger partial charge in [-0.3, -0.25) is 4.79 Å². The molecule has 1 heterocycles. The molecule has 2 fully saturated rings. The summed E-state index contributed by atoms with van der Waals surface area (Å²) in [4.78, 5) is 13.6. The van der Waals surface area contributed by atoms with Crippen LogP contribution in [0.25, 0.3) is 0 Å². The summed E-state index contributed by atoms with van der Waals surface area (Å²) in [6.45, 7) is 2.86. The summed E-state index contributed by atoms with van der Waals surface area (Å²) in [6, 6.07) is -0.486. The third-order valence-electron chi connectivity index (χ3n) is 4.33. The maximum absolute atomic E-state index is 11.3. The number of rotatable bonds is 3. The largest absolute Gasteiger partial charge is 0.468 e. The van der Waals surface area contributed by atoms with Crippen LogP contribution in [0.5, 0.6) is 0 Å². The molecular formula is C13H24N2O2. The van der Waals surface area contributed by atoms with E-state index in [2.05, 4.69) is 9.64 Å². The summed E-state index contributed by atoms with van der Waals surface area (Å²) in [5.74, 6) is 1.47. The Morgan fingerprint density at radius 3 is 2.76 bits per heavy atom. The van der Waals surface area contributed by atoms with E-state index in [1.165, 1.54) is 39.2 Å². The Labute approximate surface area is 103 Å². The Balaban J connectivity index is 1.81. The van der Waals surface area contributed by atoms with Crippen molar-refractivity contribution in [2.75, 3.05) is 26.7 Å².